The number of aromatic nitrogens is 2. The number of halogens is 1. The summed E-state index contributed by atoms with van der Waals surface area (Å²) in [4.78, 5) is 4.31. The molecule has 0 saturated heterocycles. The fourth-order valence-electron chi connectivity index (χ4n) is 1.70. The summed E-state index contributed by atoms with van der Waals surface area (Å²) in [5, 5.41) is 8.93. The van der Waals surface area contributed by atoms with E-state index in [0.717, 1.165) is 22.4 Å². The van der Waals surface area contributed by atoms with E-state index in [9.17, 15) is 0 Å². The molecule has 0 saturated carbocycles. The molecule has 0 radical (unpaired) electrons. The molecule has 0 aliphatic rings. The minimum atomic E-state index is 0.419. The predicted molar refractivity (Wildman–Crippen MR) is 70.4 cm³/mol. The lowest BCUT2D eigenvalue weighted by Gasteiger charge is -2.03. The van der Waals surface area contributed by atoms with Crippen molar-refractivity contribution in [2.75, 3.05) is 0 Å². The van der Waals surface area contributed by atoms with Gasteiger partial charge < -0.3 is 4.57 Å². The van der Waals surface area contributed by atoms with Crippen molar-refractivity contribution in [3.63, 3.8) is 0 Å². The lowest BCUT2D eigenvalue weighted by molar-refractivity contribution is 0.901. The Morgan fingerprint density at radius 2 is 2.00 bits per heavy atom. The number of nitriles is 1. The van der Waals surface area contributed by atoms with Crippen LogP contribution in [0.2, 0.25) is 0 Å². The van der Waals surface area contributed by atoms with Crippen molar-refractivity contribution in [3.8, 4) is 17.5 Å². The van der Waals surface area contributed by atoms with E-state index in [1.165, 1.54) is 5.56 Å². The van der Waals surface area contributed by atoms with Gasteiger partial charge in [-0.15, -0.1) is 0 Å². The molecule has 0 aliphatic heterocycles. The maximum atomic E-state index is 8.93. The summed E-state index contributed by atoms with van der Waals surface area (Å²) in [6.45, 7) is 2.13. The molecule has 0 spiro atoms. The number of nitrogens with zero attached hydrogens (tertiary/aromatic N) is 3. The molecule has 86 valence electrons. The Hall–Kier alpha value is -1.60. The molecule has 0 bridgehead atoms. The third-order valence-corrected chi connectivity index (χ3v) is 3.66. The Bertz CT molecular complexity index is 576. The highest BCUT2D eigenvalue weighted by Crippen LogP contribution is 2.24. The molecule has 1 heterocycles. The minimum Gasteiger partial charge on any atom is -0.321 e. The Labute approximate surface area is 109 Å². The van der Waals surface area contributed by atoms with Gasteiger partial charge in [0.2, 0.25) is 0 Å². The highest BCUT2D eigenvalue weighted by molar-refractivity contribution is 9.10. The van der Waals surface area contributed by atoms with Crippen LogP contribution in [-0.4, -0.2) is 9.55 Å². The summed E-state index contributed by atoms with van der Waals surface area (Å²) in [5.41, 5.74) is 2.73. The topological polar surface area (TPSA) is 41.6 Å². The molecule has 17 heavy (non-hydrogen) atoms. The Balaban J connectivity index is 2.50. The summed E-state index contributed by atoms with van der Waals surface area (Å²) >= 11 is 3.36. The van der Waals surface area contributed by atoms with Gasteiger partial charge in [0, 0.05) is 12.6 Å². The molecule has 4 heteroatoms. The van der Waals surface area contributed by atoms with Crippen molar-refractivity contribution in [1.29, 1.82) is 5.26 Å². The quantitative estimate of drug-likeness (QED) is 0.851. The lowest BCUT2D eigenvalue weighted by Crippen LogP contribution is -1.93. The van der Waals surface area contributed by atoms with Crippen molar-refractivity contribution in [3.05, 3.63) is 40.1 Å². The summed E-state index contributed by atoms with van der Waals surface area (Å²) in [7, 11) is 1.89. The van der Waals surface area contributed by atoms with Crippen LogP contribution < -0.4 is 0 Å². The first-order valence-corrected chi connectivity index (χ1v) is 6.18. The van der Waals surface area contributed by atoms with Gasteiger partial charge in [-0.1, -0.05) is 31.2 Å². The fraction of sp³-hybridized carbons (Fsp3) is 0.231. The van der Waals surface area contributed by atoms with E-state index in [1.54, 1.807) is 0 Å². The molecule has 3 nitrogen and oxygen atoms in total. The van der Waals surface area contributed by atoms with Crippen LogP contribution in [0.1, 0.15) is 18.2 Å². The Morgan fingerprint density at radius 3 is 2.47 bits per heavy atom. The van der Waals surface area contributed by atoms with Crippen LogP contribution in [0.25, 0.3) is 11.4 Å². The average molecular weight is 290 g/mol. The SMILES string of the molecule is CCc1ccc(-c2nc(C#N)c(Br)n2C)cc1. The minimum absolute atomic E-state index is 0.419. The van der Waals surface area contributed by atoms with Gasteiger partial charge in [-0.3, -0.25) is 0 Å². The van der Waals surface area contributed by atoms with Gasteiger partial charge >= 0.3 is 0 Å². The maximum absolute atomic E-state index is 8.93. The second-order valence-corrected chi connectivity index (χ2v) is 4.55. The molecule has 1 aromatic carbocycles. The van der Waals surface area contributed by atoms with Crippen molar-refractivity contribution in [2.45, 2.75) is 13.3 Å². The summed E-state index contributed by atoms with van der Waals surface area (Å²) in [5.74, 6) is 0.802. The van der Waals surface area contributed by atoms with Crippen LogP contribution in [0.4, 0.5) is 0 Å². The van der Waals surface area contributed by atoms with E-state index in [1.807, 2.05) is 23.7 Å². The summed E-state index contributed by atoms with van der Waals surface area (Å²) in [6, 6.07) is 10.3. The first-order valence-electron chi connectivity index (χ1n) is 5.39. The van der Waals surface area contributed by atoms with Crippen molar-refractivity contribution >= 4 is 15.9 Å². The van der Waals surface area contributed by atoms with Crippen LogP contribution in [0.5, 0.6) is 0 Å². The standard InChI is InChI=1S/C13H12BrN3/c1-3-9-4-6-10(7-5-9)13-16-11(8-15)12(14)17(13)2/h4-7H,3H2,1-2H3. The van der Waals surface area contributed by atoms with Crippen molar-refractivity contribution < 1.29 is 0 Å². The predicted octanol–water partition coefficient (Wildman–Crippen LogP) is 3.28. The second-order valence-electron chi connectivity index (χ2n) is 3.80. The molecule has 0 unspecified atom stereocenters. The smallest absolute Gasteiger partial charge is 0.173 e. The Morgan fingerprint density at radius 1 is 1.35 bits per heavy atom. The van der Waals surface area contributed by atoms with Gasteiger partial charge in [0.1, 0.15) is 16.5 Å². The zero-order valence-corrected chi connectivity index (χ0v) is 11.3. The zero-order chi connectivity index (χ0) is 12.4. The van der Waals surface area contributed by atoms with E-state index in [-0.39, 0.29) is 0 Å². The molecule has 2 aromatic rings. The largest absolute Gasteiger partial charge is 0.321 e. The molecule has 0 aliphatic carbocycles. The van der Waals surface area contributed by atoms with E-state index in [2.05, 4.69) is 46.0 Å². The average Bonchev–Trinajstić information content (AvgIpc) is 2.66. The van der Waals surface area contributed by atoms with Crippen LogP contribution in [0.3, 0.4) is 0 Å². The van der Waals surface area contributed by atoms with E-state index in [4.69, 9.17) is 5.26 Å². The molecule has 0 N–H and O–H groups in total. The molecule has 0 fully saturated rings. The normalized spacial score (nSPS) is 10.2. The third kappa shape index (κ3) is 2.11. The highest BCUT2D eigenvalue weighted by atomic mass is 79.9. The maximum Gasteiger partial charge on any atom is 0.173 e. The lowest BCUT2D eigenvalue weighted by atomic mass is 10.1. The van der Waals surface area contributed by atoms with E-state index in [0.29, 0.717) is 5.69 Å². The second kappa shape index (κ2) is 4.72. The molecule has 0 atom stereocenters. The van der Waals surface area contributed by atoms with Gasteiger partial charge in [-0.25, -0.2) is 4.98 Å². The van der Waals surface area contributed by atoms with Crippen LogP contribution in [0, 0.1) is 11.3 Å². The van der Waals surface area contributed by atoms with Crippen LogP contribution in [-0.2, 0) is 13.5 Å². The monoisotopic (exact) mass is 289 g/mol. The Kier molecular flexibility index (Phi) is 3.30. The first-order chi connectivity index (χ1) is 8.17. The number of hydrogen-bond donors (Lipinski definition) is 0. The zero-order valence-electron chi connectivity index (χ0n) is 9.74. The van der Waals surface area contributed by atoms with Crippen molar-refractivity contribution in [1.82, 2.24) is 9.55 Å². The van der Waals surface area contributed by atoms with E-state index < -0.39 is 0 Å². The number of hydrogen-bond acceptors (Lipinski definition) is 2. The van der Waals surface area contributed by atoms with Gasteiger partial charge in [0.15, 0.2) is 5.69 Å². The molecule has 1 aromatic heterocycles. The molecular weight excluding hydrogens is 278 g/mol. The molecule has 0 amide bonds. The number of aryl methyl sites for hydroxylation is 1. The molecular formula is C13H12BrN3. The van der Waals surface area contributed by atoms with Crippen LogP contribution in [0.15, 0.2) is 28.9 Å². The summed E-state index contributed by atoms with van der Waals surface area (Å²) < 4.78 is 2.59. The van der Waals surface area contributed by atoms with Crippen molar-refractivity contribution in [2.24, 2.45) is 7.05 Å². The number of benzene rings is 1. The van der Waals surface area contributed by atoms with Gasteiger partial charge in [-0.2, -0.15) is 5.26 Å². The van der Waals surface area contributed by atoms with Gasteiger partial charge in [0.05, 0.1) is 0 Å². The molecule has 2 rings (SSSR count). The number of imidazole rings is 1. The van der Waals surface area contributed by atoms with E-state index >= 15 is 0 Å². The fourth-order valence-corrected chi connectivity index (χ4v) is 2.04. The number of rotatable bonds is 2. The third-order valence-electron chi connectivity index (χ3n) is 2.75. The van der Waals surface area contributed by atoms with Gasteiger partial charge in [-0.05, 0) is 27.9 Å². The highest BCUT2D eigenvalue weighted by Gasteiger charge is 2.13. The first kappa shape index (κ1) is 11.9. The summed E-state index contributed by atoms with van der Waals surface area (Å²) in [6.07, 6.45) is 1.02. The van der Waals surface area contributed by atoms with Gasteiger partial charge in [0.25, 0.3) is 0 Å². The van der Waals surface area contributed by atoms with Crippen LogP contribution >= 0.6 is 15.9 Å².